The van der Waals surface area contributed by atoms with Crippen LogP contribution in [0.25, 0.3) is 0 Å². The third kappa shape index (κ3) is 1.13. The largest absolute Gasteiger partial charge is 0.369 e. The van der Waals surface area contributed by atoms with Crippen LogP contribution in [0, 0.1) is 11.8 Å². The Morgan fingerprint density at radius 1 is 1.55 bits per heavy atom. The van der Waals surface area contributed by atoms with Crippen LogP contribution in [0.2, 0.25) is 0 Å². The van der Waals surface area contributed by atoms with E-state index in [9.17, 15) is 4.79 Å². The first-order chi connectivity index (χ1) is 5.27. The smallest absolute Gasteiger partial charge is 0.222 e. The van der Waals surface area contributed by atoms with Crippen molar-refractivity contribution in [2.45, 2.75) is 25.3 Å². The quantitative estimate of drug-likeness (QED) is 0.566. The van der Waals surface area contributed by atoms with Crippen molar-refractivity contribution < 1.29 is 6.22 Å². The molecule has 3 N–H and O–H groups in total. The maximum Gasteiger partial charge on any atom is 0.222 e. The number of nitrogens with two attached hydrogens (primary N) is 1. The van der Waals surface area contributed by atoms with Crippen molar-refractivity contribution in [3.8, 4) is 0 Å². The lowest BCUT2D eigenvalue weighted by molar-refractivity contribution is -0.122. The number of carbonyl (C=O) groups excluding carboxylic acids is 1. The normalized spacial score (nSPS) is 42.4. The van der Waals surface area contributed by atoms with Crippen LogP contribution in [0.1, 0.15) is 20.7 Å². The number of nitrogens with one attached hydrogen (secondary N) is 1. The van der Waals surface area contributed by atoms with E-state index < -0.39 is 0 Å². The van der Waals surface area contributed by atoms with Crippen LogP contribution in [-0.2, 0) is 4.79 Å². The fourth-order valence-electron chi connectivity index (χ4n) is 2.39. The third-order valence-electron chi connectivity index (χ3n) is 2.98. The molecule has 1 aliphatic carbocycles. The molecule has 11 heavy (non-hydrogen) atoms. The van der Waals surface area contributed by atoms with Crippen molar-refractivity contribution in [1.29, 1.82) is 0 Å². The van der Waals surface area contributed by atoms with Gasteiger partial charge >= 0.3 is 0 Å². The Morgan fingerprint density at radius 2 is 2.36 bits per heavy atom. The zero-order valence-corrected chi connectivity index (χ0v) is 6.55. The van der Waals surface area contributed by atoms with Gasteiger partial charge in [-0.1, -0.05) is 0 Å². The molecule has 3 unspecified atom stereocenters. The van der Waals surface area contributed by atoms with Crippen LogP contribution < -0.4 is 11.1 Å². The Hall–Kier alpha value is -0.570. The Kier molecular flexibility index (Phi) is 1.60. The molecule has 1 heterocycles. The van der Waals surface area contributed by atoms with Gasteiger partial charge in [0.25, 0.3) is 0 Å². The molecule has 64 valence electrons. The van der Waals surface area contributed by atoms with Crippen LogP contribution in [-0.4, -0.2) is 18.5 Å². The second-order valence-corrected chi connectivity index (χ2v) is 3.70. The molecule has 3 atom stereocenters. The van der Waals surface area contributed by atoms with Gasteiger partial charge in [-0.2, -0.15) is 0 Å². The zero-order valence-electron chi connectivity index (χ0n) is 6.55. The molecule has 2 bridgehead atoms. The van der Waals surface area contributed by atoms with Gasteiger partial charge in [-0.15, -0.1) is 0 Å². The fraction of sp³-hybridized carbons (Fsp3) is 0.875. The van der Waals surface area contributed by atoms with Crippen molar-refractivity contribution in [2.75, 3.05) is 6.54 Å². The van der Waals surface area contributed by atoms with Gasteiger partial charge in [0.2, 0.25) is 5.91 Å². The first-order valence-corrected chi connectivity index (χ1v) is 4.30. The molecule has 0 aromatic rings. The summed E-state index contributed by atoms with van der Waals surface area (Å²) in [6, 6.07) is 0.395. The van der Waals surface area contributed by atoms with E-state index in [2.05, 4.69) is 5.32 Å². The van der Waals surface area contributed by atoms with Crippen LogP contribution in [0.3, 0.4) is 0 Å². The molecule has 2 rings (SSSR count). The molecular formula is C8H16N2O. The van der Waals surface area contributed by atoms with Gasteiger partial charge < -0.3 is 11.1 Å². The average molecular weight is 156 g/mol. The van der Waals surface area contributed by atoms with Crippen molar-refractivity contribution in [2.24, 2.45) is 17.6 Å². The zero-order chi connectivity index (χ0) is 7.84. The predicted octanol–water partition coefficient (Wildman–Crippen LogP) is 0.106. The van der Waals surface area contributed by atoms with Crippen molar-refractivity contribution >= 4 is 5.91 Å². The standard InChI is InChI=1S/C8H14N2O.H2/c9-8(11)6-3-5-1-2-10-7(6)4-5;/h5-7,10H,1-4H2,(H2,9,11);1H. The Morgan fingerprint density at radius 3 is 3.00 bits per heavy atom. The van der Waals surface area contributed by atoms with Gasteiger partial charge in [-0.25, -0.2) is 0 Å². The van der Waals surface area contributed by atoms with Gasteiger partial charge in [0.1, 0.15) is 0 Å². The number of hydrogen-bond donors (Lipinski definition) is 2. The van der Waals surface area contributed by atoms with Crippen molar-refractivity contribution in [3.63, 3.8) is 0 Å². The van der Waals surface area contributed by atoms with E-state index in [1.54, 1.807) is 0 Å². The predicted molar refractivity (Wildman–Crippen MR) is 43.9 cm³/mol. The maximum absolute atomic E-state index is 10.9. The van der Waals surface area contributed by atoms with E-state index in [1.165, 1.54) is 6.42 Å². The second-order valence-electron chi connectivity index (χ2n) is 3.70. The van der Waals surface area contributed by atoms with Crippen LogP contribution in [0.5, 0.6) is 0 Å². The highest BCUT2D eigenvalue weighted by Crippen LogP contribution is 2.35. The molecule has 1 saturated carbocycles. The highest BCUT2D eigenvalue weighted by atomic mass is 16.1. The summed E-state index contributed by atoms with van der Waals surface area (Å²) in [7, 11) is 0. The van der Waals surface area contributed by atoms with Gasteiger partial charge in [0.05, 0.1) is 5.92 Å². The van der Waals surface area contributed by atoms with Crippen molar-refractivity contribution in [1.82, 2.24) is 5.32 Å². The van der Waals surface area contributed by atoms with E-state index >= 15 is 0 Å². The summed E-state index contributed by atoms with van der Waals surface area (Å²) in [5.74, 6) is 0.758. The number of primary amides is 1. The summed E-state index contributed by atoms with van der Waals surface area (Å²) in [5, 5.41) is 3.34. The summed E-state index contributed by atoms with van der Waals surface area (Å²) in [6.07, 6.45) is 3.40. The summed E-state index contributed by atoms with van der Waals surface area (Å²) in [5.41, 5.74) is 5.27. The van der Waals surface area contributed by atoms with Crippen LogP contribution in [0.4, 0.5) is 0 Å². The second kappa shape index (κ2) is 2.48. The summed E-state index contributed by atoms with van der Waals surface area (Å²) in [4.78, 5) is 10.9. The number of amides is 1. The molecule has 2 fully saturated rings. The highest BCUT2D eigenvalue weighted by Gasteiger charge is 2.39. The Labute approximate surface area is 67.8 Å². The monoisotopic (exact) mass is 156 g/mol. The summed E-state index contributed by atoms with van der Waals surface area (Å²) < 4.78 is 0. The number of carbonyl (C=O) groups is 1. The van der Waals surface area contributed by atoms with Crippen LogP contribution >= 0.6 is 0 Å². The van der Waals surface area contributed by atoms with Gasteiger partial charge in [0.15, 0.2) is 0 Å². The summed E-state index contributed by atoms with van der Waals surface area (Å²) >= 11 is 0. The van der Waals surface area contributed by atoms with E-state index in [1.807, 2.05) is 0 Å². The van der Waals surface area contributed by atoms with Gasteiger partial charge in [-0.3, -0.25) is 4.79 Å². The molecule has 3 heteroatoms. The van der Waals surface area contributed by atoms with E-state index in [0.29, 0.717) is 6.04 Å². The first-order valence-electron chi connectivity index (χ1n) is 4.30. The van der Waals surface area contributed by atoms with E-state index in [4.69, 9.17) is 5.73 Å². The number of rotatable bonds is 1. The van der Waals surface area contributed by atoms with Crippen molar-refractivity contribution in [3.05, 3.63) is 0 Å². The molecule has 0 aromatic carbocycles. The fourth-order valence-corrected chi connectivity index (χ4v) is 2.39. The lowest BCUT2D eigenvalue weighted by Gasteiger charge is -2.21. The highest BCUT2D eigenvalue weighted by molar-refractivity contribution is 5.77. The molecular weight excluding hydrogens is 140 g/mol. The number of hydrogen-bond acceptors (Lipinski definition) is 2. The molecule has 0 radical (unpaired) electrons. The molecule has 3 nitrogen and oxygen atoms in total. The van der Waals surface area contributed by atoms with Gasteiger partial charge in [0, 0.05) is 7.47 Å². The number of fused-ring (bicyclic) bond motifs is 2. The van der Waals surface area contributed by atoms with E-state index in [-0.39, 0.29) is 13.3 Å². The van der Waals surface area contributed by atoms with E-state index in [0.717, 1.165) is 25.3 Å². The Bertz CT molecular complexity index is 186. The molecule has 2 aliphatic rings. The third-order valence-corrected chi connectivity index (χ3v) is 2.98. The SMILES string of the molecule is NC(=O)C1CC2CCNC1C2.[HH]. The lowest BCUT2D eigenvalue weighted by atomic mass is 10.0. The average Bonchev–Trinajstić information content (AvgIpc) is 2.27. The minimum Gasteiger partial charge on any atom is -0.369 e. The van der Waals surface area contributed by atoms with Crippen LogP contribution in [0.15, 0.2) is 0 Å². The van der Waals surface area contributed by atoms with Gasteiger partial charge in [-0.05, 0) is 31.7 Å². The first kappa shape index (κ1) is 7.10. The minimum atomic E-state index is -0.119. The molecule has 1 amide bonds. The lowest BCUT2D eigenvalue weighted by Crippen LogP contribution is -2.40. The molecule has 1 saturated heterocycles. The Balaban J connectivity index is 0.000000720. The molecule has 0 spiro atoms. The molecule has 0 aromatic heterocycles. The maximum atomic E-state index is 10.9. The summed E-state index contributed by atoms with van der Waals surface area (Å²) in [6.45, 7) is 1.07. The topological polar surface area (TPSA) is 55.1 Å². The minimum absolute atomic E-state index is 0. The number of piperidine rings is 1. The molecule has 1 aliphatic heterocycles.